The molecule has 0 aliphatic heterocycles. The van der Waals surface area contributed by atoms with Crippen LogP contribution in [0.1, 0.15) is 46.6 Å². The van der Waals surface area contributed by atoms with E-state index >= 15 is 0 Å². The summed E-state index contributed by atoms with van der Waals surface area (Å²) in [4.78, 5) is 13.7. The Balaban J connectivity index is 1.68. The molecule has 0 saturated heterocycles. The van der Waals surface area contributed by atoms with Crippen molar-refractivity contribution < 1.29 is 14.6 Å². The number of carbonyl (C=O) groups is 1. The number of aryl methyl sites for hydroxylation is 5. The maximum Gasteiger partial charge on any atom is 0.305 e. The summed E-state index contributed by atoms with van der Waals surface area (Å²) in [6.07, 6.45) is 1.73. The molecule has 1 N–H and O–H groups in total. The molecule has 4 rings (SSSR count). The van der Waals surface area contributed by atoms with Crippen LogP contribution < -0.4 is 4.74 Å². The van der Waals surface area contributed by atoms with Crippen molar-refractivity contribution in [1.29, 1.82) is 0 Å². The van der Waals surface area contributed by atoms with Gasteiger partial charge in [-0.15, -0.1) is 0 Å². The zero-order valence-electron chi connectivity index (χ0n) is 24.8. The fourth-order valence-corrected chi connectivity index (χ4v) is 5.74. The number of aliphatic carboxylic acids is 1. The molecule has 8 heteroatoms. The third-order valence-electron chi connectivity index (χ3n) is 7.68. The fraction of sp³-hybridized carbons (Fsp3) is 0.438. The smallest absolute Gasteiger partial charge is 0.305 e. The number of para-hydroxylation sites is 1. The van der Waals surface area contributed by atoms with Crippen molar-refractivity contribution in [2.75, 3.05) is 27.2 Å². The molecule has 0 atom stereocenters. The molecule has 2 aromatic carbocycles. The highest BCUT2D eigenvalue weighted by Crippen LogP contribution is 2.38. The Kier molecular flexibility index (Phi) is 9.26. The van der Waals surface area contributed by atoms with Gasteiger partial charge in [-0.1, -0.05) is 29.8 Å². The number of hydrogen-bond acceptors (Lipinski definition) is 4. The first-order chi connectivity index (χ1) is 19.0. The molecule has 7 nitrogen and oxygen atoms in total. The number of hydrogen-bond donors (Lipinski definition) is 1. The van der Waals surface area contributed by atoms with Crippen molar-refractivity contribution >= 4 is 28.5 Å². The van der Waals surface area contributed by atoms with Crippen LogP contribution in [-0.4, -0.2) is 57.6 Å². The number of halogens is 1. The molecule has 0 aliphatic rings. The third-order valence-corrected chi connectivity index (χ3v) is 8.28. The van der Waals surface area contributed by atoms with Crippen molar-refractivity contribution in [3.8, 4) is 16.9 Å². The van der Waals surface area contributed by atoms with E-state index in [0.717, 1.165) is 81.6 Å². The van der Waals surface area contributed by atoms with E-state index in [4.69, 9.17) is 21.4 Å². The largest absolute Gasteiger partial charge is 0.494 e. The Morgan fingerprint density at radius 3 is 2.40 bits per heavy atom. The number of ether oxygens (including phenoxy) is 1. The monoisotopic (exact) mass is 564 g/mol. The molecule has 0 spiro atoms. The summed E-state index contributed by atoms with van der Waals surface area (Å²) >= 11 is 6.32. The highest BCUT2D eigenvalue weighted by molar-refractivity contribution is 6.32. The van der Waals surface area contributed by atoms with E-state index in [1.54, 1.807) is 0 Å². The lowest BCUT2D eigenvalue weighted by Crippen LogP contribution is -2.19. The fourth-order valence-electron chi connectivity index (χ4n) is 5.64. The zero-order valence-corrected chi connectivity index (χ0v) is 25.5. The lowest BCUT2D eigenvalue weighted by atomic mass is 9.98. The van der Waals surface area contributed by atoms with Gasteiger partial charge < -0.3 is 19.3 Å². The number of likely N-dealkylation sites (N-methyl/N-ethyl adjacent to an activating group) is 1. The first-order valence-corrected chi connectivity index (χ1v) is 14.3. The Bertz CT molecular complexity index is 1510. The van der Waals surface area contributed by atoms with E-state index in [9.17, 15) is 9.90 Å². The highest BCUT2D eigenvalue weighted by atomic mass is 35.5. The summed E-state index contributed by atoms with van der Waals surface area (Å²) in [5, 5.41) is 16.3. The predicted octanol–water partition coefficient (Wildman–Crippen LogP) is 6.75. The van der Waals surface area contributed by atoms with Gasteiger partial charge in [0.2, 0.25) is 0 Å². The van der Waals surface area contributed by atoms with E-state index in [0.29, 0.717) is 13.2 Å². The van der Waals surface area contributed by atoms with Gasteiger partial charge in [-0.05, 0) is 90.4 Å². The SMILES string of the molecule is Cc1cc(OCCCc2c(C)n(CCC(=O)O)c3c(-c4c(C)nn(CCN(C)C)c4C)cccc23)cc(C)c1Cl. The van der Waals surface area contributed by atoms with Gasteiger partial charge in [0.05, 0.1) is 30.8 Å². The first-order valence-electron chi connectivity index (χ1n) is 13.9. The average Bonchev–Trinajstić information content (AvgIpc) is 3.33. The van der Waals surface area contributed by atoms with E-state index in [1.165, 1.54) is 10.9 Å². The minimum Gasteiger partial charge on any atom is -0.494 e. The molecule has 4 aromatic rings. The summed E-state index contributed by atoms with van der Waals surface area (Å²) in [5.41, 5.74) is 9.79. The average molecular weight is 565 g/mol. The van der Waals surface area contributed by atoms with Crippen molar-refractivity contribution in [3.63, 3.8) is 0 Å². The molecule has 0 bridgehead atoms. The molecular formula is C32H41ClN4O3. The van der Waals surface area contributed by atoms with E-state index in [2.05, 4.69) is 67.2 Å². The van der Waals surface area contributed by atoms with Gasteiger partial charge in [0.25, 0.3) is 0 Å². The Morgan fingerprint density at radius 1 is 1.05 bits per heavy atom. The minimum atomic E-state index is -0.800. The molecule has 2 aromatic heterocycles. The van der Waals surface area contributed by atoms with Gasteiger partial charge in [0.15, 0.2) is 0 Å². The normalized spacial score (nSPS) is 11.6. The van der Waals surface area contributed by atoms with Gasteiger partial charge in [0, 0.05) is 46.0 Å². The number of fused-ring (bicyclic) bond motifs is 1. The number of benzene rings is 2. The maximum atomic E-state index is 11.6. The van der Waals surface area contributed by atoms with E-state index in [-0.39, 0.29) is 6.42 Å². The summed E-state index contributed by atoms with van der Waals surface area (Å²) in [6, 6.07) is 10.4. The predicted molar refractivity (Wildman–Crippen MR) is 163 cm³/mol. The zero-order chi connectivity index (χ0) is 29.1. The highest BCUT2D eigenvalue weighted by Gasteiger charge is 2.22. The van der Waals surface area contributed by atoms with Crippen LogP contribution in [0.25, 0.3) is 22.0 Å². The van der Waals surface area contributed by atoms with Crippen LogP contribution >= 0.6 is 11.6 Å². The standard InChI is InChI=1S/C32H41ClN4O3/c1-20-18-25(19-21(2)31(20)33)40-17-9-12-26-23(4)36(14-13-29(38)39)32-27(26)10-8-11-28(32)30-22(3)34-37(24(30)5)16-15-35(6)7/h8,10-11,18-19H,9,12-17H2,1-7H3,(H,38,39). The lowest BCUT2D eigenvalue weighted by molar-refractivity contribution is -0.137. The molecule has 0 amide bonds. The second kappa shape index (κ2) is 12.5. The topological polar surface area (TPSA) is 72.5 Å². The van der Waals surface area contributed by atoms with Crippen molar-refractivity contribution in [1.82, 2.24) is 19.2 Å². The molecular weight excluding hydrogens is 524 g/mol. The van der Waals surface area contributed by atoms with Gasteiger partial charge in [0.1, 0.15) is 5.75 Å². The number of carboxylic acids is 1. The van der Waals surface area contributed by atoms with Gasteiger partial charge >= 0.3 is 5.97 Å². The van der Waals surface area contributed by atoms with Crippen molar-refractivity contribution in [2.24, 2.45) is 0 Å². The Hall–Kier alpha value is -3.29. The number of rotatable bonds is 12. The van der Waals surface area contributed by atoms with Crippen LogP contribution in [-0.2, 0) is 24.3 Å². The van der Waals surface area contributed by atoms with Crippen molar-refractivity contribution in [3.05, 3.63) is 69.1 Å². The second-order valence-corrected chi connectivity index (χ2v) is 11.3. The second-order valence-electron chi connectivity index (χ2n) is 11.0. The van der Waals surface area contributed by atoms with E-state index < -0.39 is 5.97 Å². The van der Waals surface area contributed by atoms with Gasteiger partial charge in [-0.25, -0.2) is 0 Å². The summed E-state index contributed by atoms with van der Waals surface area (Å²) in [7, 11) is 4.13. The van der Waals surface area contributed by atoms with Crippen LogP contribution in [0.5, 0.6) is 5.75 Å². The molecule has 2 heterocycles. The summed E-state index contributed by atoms with van der Waals surface area (Å²) in [6.45, 7) is 13.0. The lowest BCUT2D eigenvalue weighted by Gasteiger charge is -2.13. The summed E-state index contributed by atoms with van der Waals surface area (Å²) < 4.78 is 10.4. The van der Waals surface area contributed by atoms with Gasteiger partial charge in [-0.2, -0.15) is 5.10 Å². The minimum absolute atomic E-state index is 0.0663. The van der Waals surface area contributed by atoms with Crippen LogP contribution in [0.15, 0.2) is 30.3 Å². The number of aromatic nitrogens is 3. The first kappa shape index (κ1) is 29.7. The van der Waals surface area contributed by atoms with Crippen LogP contribution in [0.2, 0.25) is 5.02 Å². The molecule has 214 valence electrons. The van der Waals surface area contributed by atoms with Crippen molar-refractivity contribution in [2.45, 2.75) is 67.0 Å². The molecule has 0 aliphatic carbocycles. The van der Waals surface area contributed by atoms with Crippen LogP contribution in [0.3, 0.4) is 0 Å². The van der Waals surface area contributed by atoms with Gasteiger partial charge in [-0.3, -0.25) is 9.48 Å². The molecule has 0 radical (unpaired) electrons. The quantitative estimate of drug-likeness (QED) is 0.193. The van der Waals surface area contributed by atoms with Crippen LogP contribution in [0.4, 0.5) is 0 Å². The summed E-state index contributed by atoms with van der Waals surface area (Å²) in [5.74, 6) is 0.0330. The maximum absolute atomic E-state index is 11.6. The van der Waals surface area contributed by atoms with E-state index in [1.807, 2.05) is 26.0 Å². The Morgan fingerprint density at radius 2 is 1.75 bits per heavy atom. The molecule has 0 saturated carbocycles. The number of carboxylic acid groups (broad SMARTS) is 1. The molecule has 0 unspecified atom stereocenters. The Labute approximate surface area is 242 Å². The molecule has 0 fully saturated rings. The third kappa shape index (κ3) is 6.21. The van der Waals surface area contributed by atoms with Crippen LogP contribution in [0, 0.1) is 34.6 Å². The number of nitrogens with zero attached hydrogens (tertiary/aromatic N) is 4. The molecule has 40 heavy (non-hydrogen) atoms.